The van der Waals surface area contributed by atoms with Crippen LogP contribution in [0.25, 0.3) is 0 Å². The molecule has 0 bridgehead atoms. The van der Waals surface area contributed by atoms with Gasteiger partial charge in [-0.05, 0) is 57.2 Å². The van der Waals surface area contributed by atoms with Crippen LogP contribution in [0.2, 0.25) is 5.15 Å². The van der Waals surface area contributed by atoms with Gasteiger partial charge in [-0.25, -0.2) is 15.0 Å². The molecule has 0 saturated carbocycles. The summed E-state index contributed by atoms with van der Waals surface area (Å²) < 4.78 is 4.94. The van der Waals surface area contributed by atoms with Crippen molar-refractivity contribution >= 4 is 17.4 Å². The van der Waals surface area contributed by atoms with Gasteiger partial charge in [-0.2, -0.15) is 0 Å². The molecule has 0 amide bonds. The maximum atomic E-state index is 12.7. The summed E-state index contributed by atoms with van der Waals surface area (Å²) >= 11 is 5.90. The van der Waals surface area contributed by atoms with Crippen LogP contribution < -0.4 is 0 Å². The van der Waals surface area contributed by atoms with Crippen molar-refractivity contribution < 1.29 is 9.53 Å². The van der Waals surface area contributed by atoms with E-state index in [2.05, 4.69) is 21.9 Å². The third-order valence-electron chi connectivity index (χ3n) is 4.65. The van der Waals surface area contributed by atoms with Crippen LogP contribution in [0.15, 0.2) is 18.2 Å². The molecule has 6 heteroatoms. The molecule has 2 aliphatic rings. The first-order valence-corrected chi connectivity index (χ1v) is 9.58. The van der Waals surface area contributed by atoms with Gasteiger partial charge in [0.2, 0.25) is 0 Å². The maximum Gasteiger partial charge on any atom is 0.173 e. The van der Waals surface area contributed by atoms with E-state index in [0.29, 0.717) is 10.7 Å². The van der Waals surface area contributed by atoms with E-state index in [1.165, 1.54) is 12.8 Å². The maximum absolute atomic E-state index is 12.7. The van der Waals surface area contributed by atoms with Gasteiger partial charge in [0.15, 0.2) is 5.78 Å². The van der Waals surface area contributed by atoms with Crippen LogP contribution in [-0.2, 0) is 17.6 Å². The first kappa shape index (κ1) is 18.9. The fourth-order valence-corrected chi connectivity index (χ4v) is 3.46. The predicted octanol–water partition coefficient (Wildman–Crippen LogP) is 4.11. The highest BCUT2D eigenvalue weighted by atomic mass is 35.5. The molecule has 0 spiro atoms. The molecule has 1 atom stereocenters. The van der Waals surface area contributed by atoms with Gasteiger partial charge in [-0.1, -0.05) is 18.5 Å². The van der Waals surface area contributed by atoms with Crippen molar-refractivity contribution in [2.24, 2.45) is 0 Å². The predicted molar refractivity (Wildman–Crippen MR) is 101 cm³/mol. The van der Waals surface area contributed by atoms with Crippen LogP contribution in [0.3, 0.4) is 0 Å². The van der Waals surface area contributed by atoms with E-state index < -0.39 is 0 Å². The minimum absolute atomic E-state index is 0.0839. The van der Waals surface area contributed by atoms with Crippen molar-refractivity contribution in [2.75, 3.05) is 13.2 Å². The number of carbonyl (C=O) groups excluding carboxylic acids is 1. The van der Waals surface area contributed by atoms with Crippen molar-refractivity contribution in [3.63, 3.8) is 0 Å². The van der Waals surface area contributed by atoms with E-state index in [4.69, 9.17) is 16.3 Å². The number of aryl methyl sites for hydroxylation is 3. The van der Waals surface area contributed by atoms with Gasteiger partial charge in [0.1, 0.15) is 11.0 Å². The molecule has 5 nitrogen and oxygen atoms in total. The van der Waals surface area contributed by atoms with E-state index >= 15 is 0 Å². The lowest BCUT2D eigenvalue weighted by atomic mass is 9.83. The third kappa shape index (κ3) is 4.46. The SMILES string of the molecule is C1CCOC1.CCc1cc(C2CCc3nc(Cl)ccc3C2=O)nc(C)n1. The number of halogens is 1. The number of hydrogen-bond acceptors (Lipinski definition) is 5. The van der Waals surface area contributed by atoms with Gasteiger partial charge < -0.3 is 4.74 Å². The first-order valence-electron chi connectivity index (χ1n) is 9.20. The minimum atomic E-state index is -0.201. The number of fused-ring (bicyclic) bond motifs is 1. The van der Waals surface area contributed by atoms with Crippen LogP contribution >= 0.6 is 11.6 Å². The van der Waals surface area contributed by atoms with E-state index in [-0.39, 0.29) is 11.7 Å². The van der Waals surface area contributed by atoms with Crippen LogP contribution in [0, 0.1) is 6.92 Å². The largest absolute Gasteiger partial charge is 0.381 e. The highest BCUT2D eigenvalue weighted by Crippen LogP contribution is 2.32. The summed E-state index contributed by atoms with van der Waals surface area (Å²) in [5, 5.41) is 0.436. The molecule has 1 aliphatic heterocycles. The summed E-state index contributed by atoms with van der Waals surface area (Å²) in [6, 6.07) is 5.39. The van der Waals surface area contributed by atoms with Crippen molar-refractivity contribution in [3.05, 3.63) is 51.8 Å². The second-order valence-electron chi connectivity index (χ2n) is 6.59. The Kier molecular flexibility index (Phi) is 6.33. The van der Waals surface area contributed by atoms with Gasteiger partial charge in [0.25, 0.3) is 0 Å². The first-order chi connectivity index (χ1) is 12.6. The third-order valence-corrected chi connectivity index (χ3v) is 4.86. The summed E-state index contributed by atoms with van der Waals surface area (Å²) in [6.07, 6.45) is 4.86. The Balaban J connectivity index is 0.000000339. The van der Waals surface area contributed by atoms with E-state index in [1.54, 1.807) is 12.1 Å². The normalized spacial score (nSPS) is 18.9. The summed E-state index contributed by atoms with van der Waals surface area (Å²) in [6.45, 7) is 5.92. The Labute approximate surface area is 159 Å². The number of ketones is 1. The number of hydrogen-bond donors (Lipinski definition) is 0. The molecule has 0 N–H and O–H groups in total. The molecule has 1 saturated heterocycles. The number of ether oxygens (including phenoxy) is 1. The van der Waals surface area contributed by atoms with Crippen molar-refractivity contribution in [1.29, 1.82) is 0 Å². The van der Waals surface area contributed by atoms with Crippen molar-refractivity contribution in [2.45, 2.75) is 51.9 Å². The lowest BCUT2D eigenvalue weighted by molar-refractivity contribution is 0.0943. The van der Waals surface area contributed by atoms with Crippen LogP contribution in [0.5, 0.6) is 0 Å². The quantitative estimate of drug-likeness (QED) is 0.741. The molecule has 1 fully saturated rings. The molecule has 0 aromatic carbocycles. The van der Waals surface area contributed by atoms with Gasteiger partial charge in [0, 0.05) is 24.5 Å². The molecular formula is C20H24ClN3O2. The molecule has 1 aliphatic carbocycles. The van der Waals surface area contributed by atoms with Gasteiger partial charge >= 0.3 is 0 Å². The highest BCUT2D eigenvalue weighted by Gasteiger charge is 2.31. The number of carbonyl (C=O) groups is 1. The van der Waals surface area contributed by atoms with Crippen molar-refractivity contribution in [1.82, 2.24) is 15.0 Å². The zero-order chi connectivity index (χ0) is 18.5. The number of rotatable bonds is 2. The van der Waals surface area contributed by atoms with Gasteiger partial charge in [-0.3, -0.25) is 4.79 Å². The topological polar surface area (TPSA) is 65.0 Å². The van der Waals surface area contributed by atoms with Gasteiger partial charge in [0.05, 0.1) is 17.3 Å². The highest BCUT2D eigenvalue weighted by molar-refractivity contribution is 6.29. The lowest BCUT2D eigenvalue weighted by Crippen LogP contribution is -2.23. The lowest BCUT2D eigenvalue weighted by Gasteiger charge is -2.22. The van der Waals surface area contributed by atoms with E-state index in [1.807, 2.05) is 13.0 Å². The Morgan fingerprint density at radius 2 is 1.96 bits per heavy atom. The summed E-state index contributed by atoms with van der Waals surface area (Å²) in [5.74, 6) is 0.602. The Morgan fingerprint density at radius 3 is 2.62 bits per heavy atom. The summed E-state index contributed by atoms with van der Waals surface area (Å²) in [4.78, 5) is 25.8. The molecule has 2 aromatic rings. The molecule has 4 rings (SSSR count). The van der Waals surface area contributed by atoms with Crippen molar-refractivity contribution in [3.8, 4) is 0 Å². The average Bonchev–Trinajstić information content (AvgIpc) is 3.21. The summed E-state index contributed by atoms with van der Waals surface area (Å²) in [5.41, 5.74) is 3.27. The molecule has 3 heterocycles. The molecule has 26 heavy (non-hydrogen) atoms. The molecule has 138 valence electrons. The second kappa shape index (κ2) is 8.69. The summed E-state index contributed by atoms with van der Waals surface area (Å²) in [7, 11) is 0. The molecule has 2 aromatic heterocycles. The van der Waals surface area contributed by atoms with Gasteiger partial charge in [-0.15, -0.1) is 0 Å². The van der Waals surface area contributed by atoms with E-state index in [9.17, 15) is 4.79 Å². The zero-order valence-electron chi connectivity index (χ0n) is 15.3. The van der Waals surface area contributed by atoms with Crippen LogP contribution in [-0.4, -0.2) is 33.9 Å². The zero-order valence-corrected chi connectivity index (χ0v) is 16.1. The average molecular weight is 374 g/mol. The molecular weight excluding hydrogens is 350 g/mol. The Hall–Kier alpha value is -1.85. The fraction of sp³-hybridized carbons (Fsp3) is 0.500. The number of nitrogens with zero attached hydrogens (tertiary/aromatic N) is 3. The number of Topliss-reactive ketones (excluding diaryl/α,β-unsaturated/α-hetero) is 1. The van der Waals surface area contributed by atoms with Crippen LogP contribution in [0.1, 0.15) is 65.4 Å². The second-order valence-corrected chi connectivity index (χ2v) is 6.98. The molecule has 0 radical (unpaired) electrons. The number of aromatic nitrogens is 3. The monoisotopic (exact) mass is 373 g/mol. The molecule has 1 unspecified atom stereocenters. The Bertz CT molecular complexity index is 783. The fourth-order valence-electron chi connectivity index (χ4n) is 3.30. The standard InChI is InChI=1S/C16H16ClN3O.C4H8O/c1-3-10-8-14(19-9(2)18-10)12-4-6-13-11(16(12)21)5-7-15(17)20-13;1-2-4-5-3-1/h5,7-8,12H,3-4,6H2,1-2H3;1-4H2. The van der Waals surface area contributed by atoms with Crippen LogP contribution in [0.4, 0.5) is 0 Å². The number of pyridine rings is 1. The van der Waals surface area contributed by atoms with E-state index in [0.717, 1.165) is 55.4 Å². The minimum Gasteiger partial charge on any atom is -0.381 e. The Morgan fingerprint density at radius 1 is 1.19 bits per heavy atom. The smallest absolute Gasteiger partial charge is 0.173 e.